The maximum absolute atomic E-state index is 12.9. The van der Waals surface area contributed by atoms with E-state index in [4.69, 9.17) is 0 Å². The van der Waals surface area contributed by atoms with Crippen molar-refractivity contribution in [1.29, 1.82) is 0 Å². The highest BCUT2D eigenvalue weighted by atomic mass is 32.1. The molecule has 0 saturated carbocycles. The lowest BCUT2D eigenvalue weighted by atomic mass is 10.1. The zero-order chi connectivity index (χ0) is 22.3. The van der Waals surface area contributed by atoms with Crippen molar-refractivity contribution in [3.05, 3.63) is 68.4 Å². The van der Waals surface area contributed by atoms with Crippen LogP contribution in [0.4, 0.5) is 18.3 Å². The van der Waals surface area contributed by atoms with Gasteiger partial charge >= 0.3 is 6.18 Å². The molecule has 0 atom stereocenters. The Labute approximate surface area is 184 Å². The van der Waals surface area contributed by atoms with Gasteiger partial charge in [0.2, 0.25) is 0 Å². The number of benzene rings is 1. The fraction of sp³-hybridized carbons (Fsp3) is 0.238. The second-order valence-corrected chi connectivity index (χ2v) is 9.17. The first-order chi connectivity index (χ1) is 14.6. The van der Waals surface area contributed by atoms with E-state index in [0.29, 0.717) is 27.8 Å². The second kappa shape index (κ2) is 8.01. The number of carbonyl (C=O) groups excluding carboxylic acids is 1. The van der Waals surface area contributed by atoms with Gasteiger partial charge in [-0.1, -0.05) is 18.2 Å². The summed E-state index contributed by atoms with van der Waals surface area (Å²) < 4.78 is 38.7. The van der Waals surface area contributed by atoms with Crippen LogP contribution in [0.2, 0.25) is 0 Å². The highest BCUT2D eigenvalue weighted by Crippen LogP contribution is 2.33. The molecule has 0 bridgehead atoms. The minimum absolute atomic E-state index is 0.294. The number of alkyl halides is 3. The Morgan fingerprint density at radius 1 is 1.13 bits per heavy atom. The summed E-state index contributed by atoms with van der Waals surface area (Å²) in [5.74, 6) is 0.356. The zero-order valence-corrected chi connectivity index (χ0v) is 18.4. The normalized spacial score (nSPS) is 11.8. The van der Waals surface area contributed by atoms with E-state index in [2.05, 4.69) is 20.3 Å². The van der Waals surface area contributed by atoms with E-state index in [1.54, 1.807) is 12.3 Å². The molecule has 31 heavy (non-hydrogen) atoms. The first kappa shape index (κ1) is 21.4. The van der Waals surface area contributed by atoms with Gasteiger partial charge in [0.15, 0.2) is 5.13 Å². The van der Waals surface area contributed by atoms with E-state index >= 15 is 0 Å². The number of aromatic nitrogens is 3. The van der Waals surface area contributed by atoms with Gasteiger partial charge in [0.05, 0.1) is 10.4 Å². The van der Waals surface area contributed by atoms with Crippen molar-refractivity contribution < 1.29 is 18.0 Å². The molecule has 3 heterocycles. The lowest BCUT2D eigenvalue weighted by Gasteiger charge is -2.07. The maximum atomic E-state index is 12.9. The van der Waals surface area contributed by atoms with Gasteiger partial charge < -0.3 is 0 Å². The third kappa shape index (κ3) is 4.45. The monoisotopic (exact) mass is 462 g/mol. The molecular weight excluding hydrogens is 445 g/mol. The number of nitrogens with one attached hydrogen (secondary N) is 1. The topological polar surface area (TPSA) is 67.8 Å². The Kier molecular flexibility index (Phi) is 5.52. The highest BCUT2D eigenvalue weighted by molar-refractivity contribution is 7.21. The second-order valence-electron chi connectivity index (χ2n) is 7.05. The summed E-state index contributed by atoms with van der Waals surface area (Å²) in [5, 5.41) is 4.06. The van der Waals surface area contributed by atoms with Gasteiger partial charge in [-0.15, -0.1) is 22.7 Å². The molecule has 160 valence electrons. The van der Waals surface area contributed by atoms with Crippen molar-refractivity contribution in [2.24, 2.45) is 0 Å². The van der Waals surface area contributed by atoms with Gasteiger partial charge in [0, 0.05) is 28.6 Å². The number of carbonyl (C=O) groups is 1. The van der Waals surface area contributed by atoms with Gasteiger partial charge in [-0.05, 0) is 38.0 Å². The molecule has 0 fully saturated rings. The van der Waals surface area contributed by atoms with Crippen LogP contribution in [-0.2, 0) is 12.6 Å². The summed E-state index contributed by atoms with van der Waals surface area (Å²) in [6, 6.07) is 5.20. The SMILES string of the molecule is Cc1nc(C)c2c(C)c(C(=O)Nc3ncc(Cc4cccc(C(F)(F)F)c4)s3)sc2n1. The Morgan fingerprint density at radius 2 is 1.90 bits per heavy atom. The maximum Gasteiger partial charge on any atom is 0.416 e. The first-order valence-electron chi connectivity index (χ1n) is 9.28. The van der Waals surface area contributed by atoms with Crippen LogP contribution in [0.5, 0.6) is 0 Å². The molecule has 0 spiro atoms. The number of aryl methyl sites for hydroxylation is 3. The van der Waals surface area contributed by atoms with Crippen LogP contribution in [0, 0.1) is 20.8 Å². The number of halogens is 3. The summed E-state index contributed by atoms with van der Waals surface area (Å²) in [4.78, 5) is 27.9. The number of fused-ring (bicyclic) bond motifs is 1. The number of thiophene rings is 1. The largest absolute Gasteiger partial charge is 0.416 e. The number of nitrogens with zero attached hydrogens (tertiary/aromatic N) is 3. The molecule has 4 rings (SSSR count). The highest BCUT2D eigenvalue weighted by Gasteiger charge is 2.30. The third-order valence-electron chi connectivity index (χ3n) is 4.70. The standard InChI is InChI=1S/C21H17F3N4OS2/c1-10-16-11(2)26-12(3)27-19(16)31-17(10)18(29)28-20-25-9-15(30-20)8-13-5-4-6-14(7-13)21(22,23)24/h4-7,9H,8H2,1-3H3,(H,25,28,29). The number of anilines is 1. The van der Waals surface area contributed by atoms with E-state index in [9.17, 15) is 18.0 Å². The molecule has 4 aromatic rings. The average Bonchev–Trinajstić information content (AvgIpc) is 3.25. The smallest absolute Gasteiger partial charge is 0.297 e. The number of thiazole rings is 1. The van der Waals surface area contributed by atoms with E-state index in [1.807, 2.05) is 20.8 Å². The zero-order valence-electron chi connectivity index (χ0n) is 16.8. The molecule has 10 heteroatoms. The van der Waals surface area contributed by atoms with Crippen LogP contribution >= 0.6 is 22.7 Å². The van der Waals surface area contributed by atoms with Gasteiger partial charge in [0.25, 0.3) is 5.91 Å². The van der Waals surface area contributed by atoms with E-state index in [-0.39, 0.29) is 5.91 Å². The molecule has 0 aliphatic rings. The fourth-order valence-corrected chi connectivity index (χ4v) is 5.36. The molecule has 1 N–H and O–H groups in total. The van der Waals surface area contributed by atoms with Crippen LogP contribution in [0.15, 0.2) is 30.5 Å². The molecule has 0 unspecified atom stereocenters. The molecule has 3 aromatic heterocycles. The van der Waals surface area contributed by atoms with Gasteiger partial charge in [0.1, 0.15) is 10.7 Å². The fourth-order valence-electron chi connectivity index (χ4n) is 3.35. The number of hydrogen-bond donors (Lipinski definition) is 1. The molecule has 1 aromatic carbocycles. The summed E-state index contributed by atoms with van der Waals surface area (Å²) in [7, 11) is 0. The Morgan fingerprint density at radius 3 is 2.65 bits per heavy atom. The number of hydrogen-bond acceptors (Lipinski definition) is 6. The van der Waals surface area contributed by atoms with Crippen LogP contribution < -0.4 is 5.32 Å². The summed E-state index contributed by atoms with van der Waals surface area (Å²) in [5.41, 5.74) is 1.49. The predicted molar refractivity (Wildman–Crippen MR) is 116 cm³/mol. The van der Waals surface area contributed by atoms with Gasteiger partial charge in [-0.2, -0.15) is 13.2 Å². The van der Waals surface area contributed by atoms with Crippen molar-refractivity contribution >= 4 is 43.9 Å². The minimum Gasteiger partial charge on any atom is -0.297 e. The molecule has 1 amide bonds. The first-order valence-corrected chi connectivity index (χ1v) is 10.9. The third-order valence-corrected chi connectivity index (χ3v) is 6.79. The Hall–Kier alpha value is -2.85. The Balaban J connectivity index is 1.52. The van der Waals surface area contributed by atoms with Crippen molar-refractivity contribution in [2.45, 2.75) is 33.4 Å². The molecule has 5 nitrogen and oxygen atoms in total. The molecular formula is C21H17F3N4OS2. The van der Waals surface area contributed by atoms with Gasteiger partial charge in [-0.3, -0.25) is 10.1 Å². The molecule has 0 aliphatic heterocycles. The van der Waals surface area contributed by atoms with Crippen molar-refractivity contribution in [1.82, 2.24) is 15.0 Å². The average molecular weight is 463 g/mol. The van der Waals surface area contributed by atoms with Crippen molar-refractivity contribution in [3.8, 4) is 0 Å². The van der Waals surface area contributed by atoms with Crippen molar-refractivity contribution in [3.63, 3.8) is 0 Å². The summed E-state index contributed by atoms with van der Waals surface area (Å²) in [6.07, 6.45) is -2.52. The van der Waals surface area contributed by atoms with E-state index < -0.39 is 11.7 Å². The number of amides is 1. The van der Waals surface area contributed by atoms with Crippen LogP contribution in [0.1, 0.15) is 42.8 Å². The molecule has 0 aliphatic carbocycles. The van der Waals surface area contributed by atoms with E-state index in [0.717, 1.165) is 38.5 Å². The quantitative estimate of drug-likeness (QED) is 0.408. The molecule has 0 saturated heterocycles. The lowest BCUT2D eigenvalue weighted by Crippen LogP contribution is -2.11. The predicted octanol–water partition coefficient (Wildman–Crippen LogP) is 5.93. The van der Waals surface area contributed by atoms with Crippen LogP contribution in [-0.4, -0.2) is 20.9 Å². The lowest BCUT2D eigenvalue weighted by molar-refractivity contribution is -0.137. The number of rotatable bonds is 4. The van der Waals surface area contributed by atoms with Gasteiger partial charge in [-0.25, -0.2) is 15.0 Å². The summed E-state index contributed by atoms with van der Waals surface area (Å²) in [6.45, 7) is 5.56. The Bertz CT molecular complexity index is 1290. The van der Waals surface area contributed by atoms with Crippen LogP contribution in [0.3, 0.4) is 0 Å². The summed E-state index contributed by atoms with van der Waals surface area (Å²) >= 11 is 2.53. The minimum atomic E-state index is -4.38. The molecule has 0 radical (unpaired) electrons. The van der Waals surface area contributed by atoms with E-state index in [1.165, 1.54) is 28.7 Å². The van der Waals surface area contributed by atoms with Crippen LogP contribution in [0.25, 0.3) is 10.2 Å². The van der Waals surface area contributed by atoms with Crippen molar-refractivity contribution in [2.75, 3.05) is 5.32 Å².